The van der Waals surface area contributed by atoms with Crippen LogP contribution in [0.2, 0.25) is 0 Å². The molecule has 0 unspecified atom stereocenters. The van der Waals surface area contributed by atoms with Crippen molar-refractivity contribution in [3.8, 4) is 0 Å². The second-order valence-corrected chi connectivity index (χ2v) is 9.22. The Balaban J connectivity index is 0.000000568. The molecule has 0 saturated heterocycles. The maximum absolute atomic E-state index is 13.0. The number of hydrogen-bond donors (Lipinski definition) is 2. The molecule has 1 fully saturated rings. The quantitative estimate of drug-likeness (QED) is 0.380. The Hall–Kier alpha value is -3.51. The van der Waals surface area contributed by atoms with Crippen molar-refractivity contribution in [2.75, 3.05) is 0 Å². The molecule has 4 rings (SSSR count). The van der Waals surface area contributed by atoms with E-state index in [-0.39, 0.29) is 31.6 Å². The number of aryl methyl sites for hydroxylation is 1. The Kier molecular flexibility index (Phi) is 9.22. The van der Waals surface area contributed by atoms with Crippen LogP contribution in [0.1, 0.15) is 86.2 Å². The number of halogens is 3. The number of unbranched alkanes of at least 4 members (excludes halogenated alkanes) is 3. The van der Waals surface area contributed by atoms with Gasteiger partial charge in [-0.1, -0.05) is 44.7 Å². The number of nitrogens with zero attached hydrogens (tertiary/aromatic N) is 5. The van der Waals surface area contributed by atoms with Crippen LogP contribution < -0.4 is 10.6 Å². The van der Waals surface area contributed by atoms with Crippen molar-refractivity contribution in [2.45, 2.75) is 85.0 Å². The van der Waals surface area contributed by atoms with Gasteiger partial charge in [-0.2, -0.15) is 18.3 Å². The van der Waals surface area contributed by atoms with Crippen molar-refractivity contribution in [1.29, 1.82) is 0 Å². The summed E-state index contributed by atoms with van der Waals surface area (Å²) in [7, 11) is 0. The maximum atomic E-state index is 13.0. The molecular weight excluding hydrogens is 491 g/mol. The first-order valence-corrected chi connectivity index (χ1v) is 12.3. The predicted molar refractivity (Wildman–Crippen MR) is 127 cm³/mol. The lowest BCUT2D eigenvalue weighted by Crippen LogP contribution is -2.32. The second kappa shape index (κ2) is 12.2. The first kappa shape index (κ1) is 28.1. The molecule has 0 spiro atoms. The van der Waals surface area contributed by atoms with Crippen LogP contribution in [0.15, 0.2) is 23.1 Å². The number of alkyl halides is 3. The van der Waals surface area contributed by atoms with Crippen molar-refractivity contribution in [2.24, 2.45) is 5.41 Å². The minimum atomic E-state index is -4.37. The largest absolute Gasteiger partial charge is 0.395 e. The smallest absolute Gasteiger partial charge is 0.352 e. The Morgan fingerprint density at radius 1 is 1.11 bits per heavy atom. The molecule has 0 bridgehead atoms. The molecule has 0 aromatic carbocycles. The summed E-state index contributed by atoms with van der Waals surface area (Å²) in [6.07, 6.45) is 3.67. The lowest BCUT2D eigenvalue weighted by Gasteiger charge is -2.18. The van der Waals surface area contributed by atoms with Gasteiger partial charge >= 0.3 is 6.18 Å². The van der Waals surface area contributed by atoms with Gasteiger partial charge in [0.2, 0.25) is 5.91 Å². The van der Waals surface area contributed by atoms with Gasteiger partial charge in [0.05, 0.1) is 30.0 Å². The number of hydrogen-bond acceptors (Lipinski definition) is 7. The molecule has 0 atom stereocenters. The fraction of sp³-hybridized carbons (Fsp3) is 0.583. The van der Waals surface area contributed by atoms with E-state index in [1.54, 1.807) is 19.2 Å². The van der Waals surface area contributed by atoms with Crippen molar-refractivity contribution in [1.82, 2.24) is 35.5 Å². The van der Waals surface area contributed by atoms with E-state index in [2.05, 4.69) is 49.5 Å². The van der Waals surface area contributed by atoms with Gasteiger partial charge in [0, 0.05) is 13.0 Å². The second-order valence-electron chi connectivity index (χ2n) is 9.22. The molecule has 13 heteroatoms. The molecular formula is C24H32F3N7O3. The van der Waals surface area contributed by atoms with Gasteiger partial charge in [0.15, 0.2) is 11.3 Å². The van der Waals surface area contributed by atoms with Gasteiger partial charge in [-0.15, -0.1) is 0 Å². The van der Waals surface area contributed by atoms with Crippen molar-refractivity contribution in [3.63, 3.8) is 0 Å². The van der Waals surface area contributed by atoms with E-state index >= 15 is 0 Å². The summed E-state index contributed by atoms with van der Waals surface area (Å²) in [6, 6.07) is 1.65. The Morgan fingerprint density at radius 3 is 2.38 bits per heavy atom. The number of carbonyl (C=O) groups excluding carboxylic acids is 2. The Bertz CT molecular complexity index is 1200. The minimum Gasteiger partial charge on any atom is -0.352 e. The summed E-state index contributed by atoms with van der Waals surface area (Å²) in [5.74, 6) is -1.11. The Labute approximate surface area is 212 Å². The zero-order chi connectivity index (χ0) is 27.1. The summed E-state index contributed by atoms with van der Waals surface area (Å²) in [5, 5.41) is 16.4. The first-order valence-electron chi connectivity index (χ1n) is 12.3. The van der Waals surface area contributed by atoms with Crippen LogP contribution in [0.4, 0.5) is 13.2 Å². The van der Waals surface area contributed by atoms with E-state index in [1.165, 1.54) is 36.4 Å². The summed E-state index contributed by atoms with van der Waals surface area (Å²) in [4.78, 5) is 28.3. The van der Waals surface area contributed by atoms with Crippen molar-refractivity contribution in [3.05, 3.63) is 41.1 Å². The number of carbonyl (C=O) groups is 2. The highest BCUT2D eigenvalue weighted by Gasteiger charge is 2.63. The van der Waals surface area contributed by atoms with Crippen LogP contribution in [-0.2, 0) is 17.9 Å². The van der Waals surface area contributed by atoms with Crippen molar-refractivity contribution >= 4 is 17.5 Å². The molecule has 2 N–H and O–H groups in total. The number of imidazole rings is 1. The topological polar surface area (TPSA) is 127 Å². The fourth-order valence-electron chi connectivity index (χ4n) is 3.62. The monoisotopic (exact) mass is 523 g/mol. The van der Waals surface area contributed by atoms with E-state index in [9.17, 15) is 22.8 Å². The molecule has 1 aliphatic rings. The number of nitrogens with one attached hydrogen (secondary N) is 2. The molecule has 10 nitrogen and oxygen atoms in total. The molecule has 0 radical (unpaired) electrons. The molecule has 3 aromatic rings. The molecule has 2 amide bonds. The molecule has 37 heavy (non-hydrogen) atoms. The van der Waals surface area contributed by atoms with E-state index < -0.39 is 29.8 Å². The highest BCUT2D eigenvalue weighted by atomic mass is 19.4. The number of amides is 2. The average molecular weight is 524 g/mol. The third-order valence-electron chi connectivity index (χ3n) is 6.12. The Morgan fingerprint density at radius 2 is 1.81 bits per heavy atom. The number of rotatable bonds is 10. The van der Waals surface area contributed by atoms with Crippen LogP contribution in [0.5, 0.6) is 0 Å². The zero-order valence-corrected chi connectivity index (χ0v) is 21.2. The van der Waals surface area contributed by atoms with Gasteiger partial charge in [0.1, 0.15) is 5.69 Å². The number of aromatic nitrogens is 5. The fourth-order valence-corrected chi connectivity index (χ4v) is 3.62. The first-order chi connectivity index (χ1) is 17.6. The summed E-state index contributed by atoms with van der Waals surface area (Å²) in [5.41, 5.74) is 0.147. The standard InChI is InChI=1S/C18H18F3N7O3.C6H14/c1-10-15(27-31-26-10)16(30)23-8-12-9-28-13(25-12)4-11(7-24-28)6-22-14(29)5-17(2-3-17)18(19,20)21;1-3-5-6-4-2/h4,7,9H,2-3,5-6,8H2,1H3,(H,22,29)(H,23,30);3-6H2,1-2H3. The van der Waals surface area contributed by atoms with E-state index in [0.717, 1.165) is 0 Å². The third-order valence-corrected chi connectivity index (χ3v) is 6.12. The van der Waals surface area contributed by atoms with Gasteiger partial charge in [0.25, 0.3) is 5.91 Å². The predicted octanol–water partition coefficient (Wildman–Crippen LogP) is 4.29. The van der Waals surface area contributed by atoms with Crippen LogP contribution in [0.25, 0.3) is 5.65 Å². The van der Waals surface area contributed by atoms with E-state index in [1.807, 2.05) is 0 Å². The average Bonchev–Trinajstić information content (AvgIpc) is 3.34. The molecule has 1 saturated carbocycles. The lowest BCUT2D eigenvalue weighted by atomic mass is 10.0. The summed E-state index contributed by atoms with van der Waals surface area (Å²) < 4.78 is 44.9. The normalized spacial score (nSPS) is 14.1. The van der Waals surface area contributed by atoms with E-state index in [0.29, 0.717) is 22.6 Å². The minimum absolute atomic E-state index is 0.0163. The molecule has 3 aromatic heterocycles. The van der Waals surface area contributed by atoms with Gasteiger partial charge in [-0.25, -0.2) is 14.1 Å². The van der Waals surface area contributed by atoms with Crippen LogP contribution in [0.3, 0.4) is 0 Å². The lowest BCUT2D eigenvalue weighted by molar-refractivity contribution is -0.190. The van der Waals surface area contributed by atoms with Crippen LogP contribution >= 0.6 is 0 Å². The summed E-state index contributed by atoms with van der Waals surface area (Å²) in [6.45, 7) is 6.20. The van der Waals surface area contributed by atoms with Crippen LogP contribution in [0, 0.1) is 12.3 Å². The molecule has 0 aliphatic heterocycles. The highest BCUT2D eigenvalue weighted by Crippen LogP contribution is 2.59. The van der Waals surface area contributed by atoms with Gasteiger partial charge < -0.3 is 10.6 Å². The van der Waals surface area contributed by atoms with Gasteiger partial charge in [-0.3, -0.25) is 9.59 Å². The number of fused-ring (bicyclic) bond motifs is 1. The summed E-state index contributed by atoms with van der Waals surface area (Å²) >= 11 is 0. The molecule has 3 heterocycles. The zero-order valence-electron chi connectivity index (χ0n) is 21.2. The van der Waals surface area contributed by atoms with Crippen molar-refractivity contribution < 1.29 is 27.4 Å². The maximum Gasteiger partial charge on any atom is 0.395 e. The molecule has 202 valence electrons. The highest BCUT2D eigenvalue weighted by molar-refractivity contribution is 5.92. The third kappa shape index (κ3) is 7.49. The van der Waals surface area contributed by atoms with E-state index in [4.69, 9.17) is 0 Å². The molecule has 1 aliphatic carbocycles. The van der Waals surface area contributed by atoms with Crippen LogP contribution in [-0.4, -0.2) is 42.9 Å². The SMILES string of the molecule is CCCCCC.Cc1nonc1C(=O)NCc1cn2ncc(CNC(=O)CC3(C(F)(F)F)CC3)cc2n1. The van der Waals surface area contributed by atoms with Gasteiger partial charge in [-0.05, 0) is 36.6 Å².